The average Bonchev–Trinajstić information content (AvgIpc) is 3.48. The van der Waals surface area contributed by atoms with Crippen LogP contribution in [-0.2, 0) is 19.3 Å². The molecule has 4 heterocycles. The summed E-state index contributed by atoms with van der Waals surface area (Å²) in [5.74, 6) is 0.116. The molecule has 0 spiro atoms. The van der Waals surface area contributed by atoms with Crippen LogP contribution in [0.15, 0.2) is 54.7 Å². The fraction of sp³-hybridized carbons (Fsp3) is 0.406. The number of carbonyl (C=O) groups is 1. The number of likely N-dealkylation sites (tertiary alicyclic amines) is 1. The fourth-order valence-corrected chi connectivity index (χ4v) is 6.08. The molecule has 1 amide bonds. The maximum absolute atomic E-state index is 15.7. The molecule has 2 aliphatic heterocycles. The molecule has 2 aromatic carbocycles. The van der Waals surface area contributed by atoms with Crippen LogP contribution in [0, 0.1) is 5.82 Å². The van der Waals surface area contributed by atoms with E-state index in [1.807, 2.05) is 18.3 Å². The van der Waals surface area contributed by atoms with Gasteiger partial charge in [0.1, 0.15) is 5.52 Å². The summed E-state index contributed by atoms with van der Waals surface area (Å²) in [6, 6.07) is 12.6. The van der Waals surface area contributed by atoms with Gasteiger partial charge in [-0.3, -0.25) is 14.6 Å². The number of aromatic nitrogens is 3. The lowest BCUT2D eigenvalue weighted by Gasteiger charge is -2.34. The van der Waals surface area contributed by atoms with Gasteiger partial charge in [-0.2, -0.15) is 13.2 Å². The van der Waals surface area contributed by atoms with Crippen molar-refractivity contribution in [1.82, 2.24) is 29.7 Å². The minimum Gasteiger partial charge on any atom is -0.481 e. The van der Waals surface area contributed by atoms with Gasteiger partial charge in [0.2, 0.25) is 5.88 Å². The molecule has 0 saturated carbocycles. The van der Waals surface area contributed by atoms with Crippen LogP contribution in [0.3, 0.4) is 0 Å². The highest BCUT2D eigenvalue weighted by Crippen LogP contribution is 2.33. The van der Waals surface area contributed by atoms with E-state index in [4.69, 9.17) is 4.74 Å². The molecule has 2 aliphatic rings. The zero-order valence-corrected chi connectivity index (χ0v) is 24.4. The fourth-order valence-electron chi connectivity index (χ4n) is 6.08. The number of rotatable bonds is 7. The van der Waals surface area contributed by atoms with Gasteiger partial charge in [-0.15, -0.1) is 0 Å². The largest absolute Gasteiger partial charge is 0.481 e. The monoisotopic (exact) mass is 610 g/mol. The molecule has 8 nitrogen and oxygen atoms in total. The van der Waals surface area contributed by atoms with Crippen molar-refractivity contribution in [3.05, 3.63) is 88.6 Å². The first kappa shape index (κ1) is 30.0. The number of hydrogen-bond acceptors (Lipinski definition) is 6. The SMILES string of the molecule is COc1ccc(CN2CCC(c3ccc4nc(C(=O)N5CCN(Cc6ccc(C(F)(F)F)cc6)CC5)[nH]c4c3F)CC2)cn1. The number of imidazole rings is 1. The first-order valence-corrected chi connectivity index (χ1v) is 14.7. The third-order valence-corrected chi connectivity index (χ3v) is 8.62. The highest BCUT2D eigenvalue weighted by atomic mass is 19.4. The summed E-state index contributed by atoms with van der Waals surface area (Å²) < 4.78 is 59.4. The van der Waals surface area contributed by atoms with Crippen molar-refractivity contribution in [2.45, 2.75) is 38.0 Å². The third-order valence-electron chi connectivity index (χ3n) is 8.62. The average molecular weight is 611 g/mol. The van der Waals surface area contributed by atoms with Gasteiger partial charge in [-0.05, 0) is 66.7 Å². The number of piperidine rings is 1. The molecule has 4 aromatic rings. The topological polar surface area (TPSA) is 77.6 Å². The van der Waals surface area contributed by atoms with Crippen LogP contribution in [-0.4, -0.2) is 81.9 Å². The summed E-state index contributed by atoms with van der Waals surface area (Å²) in [5, 5.41) is 0. The molecule has 12 heteroatoms. The molecule has 1 N–H and O–H groups in total. The van der Waals surface area contributed by atoms with Gasteiger partial charge >= 0.3 is 6.18 Å². The molecular formula is C32H34F4N6O2. The van der Waals surface area contributed by atoms with Gasteiger partial charge in [-0.1, -0.05) is 24.3 Å². The number of fused-ring (bicyclic) bond motifs is 1. The number of H-pyrrole nitrogens is 1. The first-order valence-electron chi connectivity index (χ1n) is 14.7. The predicted octanol–water partition coefficient (Wildman–Crippen LogP) is 5.46. The first-order chi connectivity index (χ1) is 21.2. The van der Waals surface area contributed by atoms with Gasteiger partial charge in [0.05, 0.1) is 18.2 Å². The zero-order chi connectivity index (χ0) is 30.8. The van der Waals surface area contributed by atoms with Crippen LogP contribution in [0.2, 0.25) is 0 Å². The quantitative estimate of drug-likeness (QED) is 0.280. The van der Waals surface area contributed by atoms with E-state index in [1.54, 1.807) is 24.1 Å². The van der Waals surface area contributed by atoms with Crippen LogP contribution in [0.5, 0.6) is 5.88 Å². The van der Waals surface area contributed by atoms with E-state index in [0.717, 1.165) is 55.7 Å². The molecule has 0 radical (unpaired) electrons. The number of nitrogens with zero attached hydrogens (tertiary/aromatic N) is 5. The third kappa shape index (κ3) is 6.56. The smallest absolute Gasteiger partial charge is 0.416 e. The second kappa shape index (κ2) is 12.5. The van der Waals surface area contributed by atoms with E-state index in [2.05, 4.69) is 24.8 Å². The lowest BCUT2D eigenvalue weighted by Crippen LogP contribution is -2.48. The lowest BCUT2D eigenvalue weighted by atomic mass is 9.88. The van der Waals surface area contributed by atoms with Crippen molar-refractivity contribution >= 4 is 16.9 Å². The highest BCUT2D eigenvalue weighted by molar-refractivity contribution is 5.94. The predicted molar refractivity (Wildman–Crippen MR) is 157 cm³/mol. The second-order valence-corrected chi connectivity index (χ2v) is 11.5. The van der Waals surface area contributed by atoms with E-state index < -0.39 is 11.7 Å². The van der Waals surface area contributed by atoms with Crippen molar-refractivity contribution in [3.63, 3.8) is 0 Å². The van der Waals surface area contributed by atoms with Crippen LogP contribution < -0.4 is 4.74 Å². The molecule has 2 fully saturated rings. The molecule has 0 aliphatic carbocycles. The van der Waals surface area contributed by atoms with Crippen LogP contribution in [0.25, 0.3) is 11.0 Å². The lowest BCUT2D eigenvalue weighted by molar-refractivity contribution is -0.137. The minimum absolute atomic E-state index is 0.0739. The molecule has 232 valence electrons. The van der Waals surface area contributed by atoms with Gasteiger partial charge in [-0.25, -0.2) is 14.4 Å². The standard InChI is InChI=1S/C32H34F4N6O2/c1-44-27-9-4-22(18-37-27)20-40-12-10-23(11-13-40)25-7-8-26-29(28(25)33)39-30(38-26)31(43)42-16-14-41(15-17-42)19-21-2-5-24(6-3-21)32(34,35)36/h2-9,18,23H,10-17,19-20H2,1H3,(H,38,39). The van der Waals surface area contributed by atoms with E-state index in [1.165, 1.54) is 12.1 Å². The Morgan fingerprint density at radius 3 is 2.20 bits per heavy atom. The summed E-state index contributed by atoms with van der Waals surface area (Å²) in [5.41, 5.74) is 2.52. The number of hydrogen-bond donors (Lipinski definition) is 1. The number of benzene rings is 2. The number of halogens is 4. The Hall–Kier alpha value is -4.03. The van der Waals surface area contributed by atoms with Crippen LogP contribution in [0.4, 0.5) is 17.6 Å². The molecule has 0 bridgehead atoms. The Labute approximate surface area is 252 Å². The number of ether oxygens (including phenoxy) is 1. The second-order valence-electron chi connectivity index (χ2n) is 11.5. The maximum atomic E-state index is 15.7. The van der Waals surface area contributed by atoms with Gasteiger partial charge in [0, 0.05) is 51.5 Å². The Morgan fingerprint density at radius 1 is 0.909 bits per heavy atom. The summed E-state index contributed by atoms with van der Waals surface area (Å²) >= 11 is 0. The molecule has 0 atom stereocenters. The number of aromatic amines is 1. The van der Waals surface area contributed by atoms with Gasteiger partial charge in [0.15, 0.2) is 11.6 Å². The maximum Gasteiger partial charge on any atom is 0.416 e. The van der Waals surface area contributed by atoms with Crippen LogP contribution in [0.1, 0.15) is 51.6 Å². The van der Waals surface area contributed by atoms with Crippen molar-refractivity contribution in [1.29, 1.82) is 0 Å². The van der Waals surface area contributed by atoms with Gasteiger partial charge in [0.25, 0.3) is 5.91 Å². The molecule has 44 heavy (non-hydrogen) atoms. The molecule has 2 saturated heterocycles. The Morgan fingerprint density at radius 2 is 1.57 bits per heavy atom. The molecule has 0 unspecified atom stereocenters. The summed E-state index contributed by atoms with van der Waals surface area (Å²) in [6.07, 6.45) is -0.898. The highest BCUT2D eigenvalue weighted by Gasteiger charge is 2.31. The molecular weight excluding hydrogens is 576 g/mol. The Balaban J connectivity index is 1.04. The Kier molecular flexibility index (Phi) is 8.55. The number of pyridine rings is 1. The normalized spacial score (nSPS) is 17.3. The Bertz CT molecular complexity index is 1590. The minimum atomic E-state index is -4.36. The van der Waals surface area contributed by atoms with Crippen LogP contribution >= 0.6 is 0 Å². The zero-order valence-electron chi connectivity index (χ0n) is 24.4. The summed E-state index contributed by atoms with van der Waals surface area (Å²) in [6.45, 7) is 4.97. The van der Waals surface area contributed by atoms with Crippen molar-refractivity contribution in [2.75, 3.05) is 46.4 Å². The summed E-state index contributed by atoms with van der Waals surface area (Å²) in [4.78, 5) is 31.0. The van der Waals surface area contributed by atoms with E-state index in [9.17, 15) is 18.0 Å². The number of piperazine rings is 1. The number of methoxy groups -OCH3 is 1. The van der Waals surface area contributed by atoms with E-state index in [0.29, 0.717) is 49.7 Å². The number of carbonyl (C=O) groups excluding carboxylic acids is 1. The number of amides is 1. The van der Waals surface area contributed by atoms with E-state index in [-0.39, 0.29) is 29.0 Å². The summed E-state index contributed by atoms with van der Waals surface area (Å²) in [7, 11) is 1.59. The van der Waals surface area contributed by atoms with Gasteiger partial charge < -0.3 is 14.6 Å². The van der Waals surface area contributed by atoms with Crippen molar-refractivity contribution in [2.24, 2.45) is 0 Å². The van der Waals surface area contributed by atoms with Crippen molar-refractivity contribution in [3.8, 4) is 5.88 Å². The molecule has 2 aromatic heterocycles. The number of nitrogens with one attached hydrogen (secondary N) is 1. The molecule has 6 rings (SSSR count). The number of alkyl halides is 3. The van der Waals surface area contributed by atoms with E-state index >= 15 is 4.39 Å². The van der Waals surface area contributed by atoms with Crippen molar-refractivity contribution < 1.29 is 27.1 Å².